The molecule has 2 heterocycles. The van der Waals surface area contributed by atoms with Crippen LogP contribution in [-0.4, -0.2) is 70.2 Å². The third-order valence-electron chi connectivity index (χ3n) is 8.94. The van der Waals surface area contributed by atoms with Gasteiger partial charge in [-0.05, 0) is 69.1 Å². The Bertz CT molecular complexity index is 1190. The lowest BCUT2D eigenvalue weighted by atomic mass is 9.99. The van der Waals surface area contributed by atoms with Crippen LogP contribution in [-0.2, 0) is 17.8 Å². The molecule has 1 N–H and O–H groups in total. The summed E-state index contributed by atoms with van der Waals surface area (Å²) in [4.78, 5) is 29.0. The fourth-order valence-corrected chi connectivity index (χ4v) is 5.91. The molecule has 2 aromatic rings. The van der Waals surface area contributed by atoms with Gasteiger partial charge in [-0.1, -0.05) is 45.7 Å². The van der Waals surface area contributed by atoms with Crippen LogP contribution >= 0.6 is 0 Å². The molecule has 1 aliphatic heterocycles. The quantitative estimate of drug-likeness (QED) is 0.311. The van der Waals surface area contributed by atoms with Gasteiger partial charge >= 0.3 is 0 Å². The van der Waals surface area contributed by atoms with E-state index in [4.69, 9.17) is 0 Å². The lowest BCUT2D eigenvalue weighted by molar-refractivity contribution is -0.132. The number of aliphatic hydroxyl groups is 1. The van der Waals surface area contributed by atoms with Gasteiger partial charge in [0.25, 0.3) is 0 Å². The second kappa shape index (κ2) is 15.6. The van der Waals surface area contributed by atoms with Crippen LogP contribution in [0.5, 0.6) is 0 Å². The van der Waals surface area contributed by atoms with E-state index < -0.39 is 12.3 Å². The molecular weight excluding hydrogens is 538 g/mol. The van der Waals surface area contributed by atoms with Crippen molar-refractivity contribution < 1.29 is 23.5 Å². The number of hydrogen-bond acceptors (Lipinski definition) is 5. The summed E-state index contributed by atoms with van der Waals surface area (Å²) >= 11 is 0. The zero-order valence-electron chi connectivity index (χ0n) is 26.3. The predicted molar refractivity (Wildman–Crippen MR) is 164 cm³/mol. The molecule has 1 fully saturated rings. The molecule has 4 rings (SSSR count). The first kappa shape index (κ1) is 33.7. The number of carbonyl (C=O) groups is 2. The Morgan fingerprint density at radius 3 is 2.36 bits per heavy atom. The van der Waals surface area contributed by atoms with Crippen molar-refractivity contribution in [1.29, 1.82) is 0 Å². The van der Waals surface area contributed by atoms with Gasteiger partial charge in [-0.15, -0.1) is 0 Å². The molecular formula is C33H50F2N4O3. The van der Waals surface area contributed by atoms with Gasteiger partial charge in [-0.3, -0.25) is 14.3 Å². The molecule has 1 aromatic heterocycles. The lowest BCUT2D eigenvalue weighted by Crippen LogP contribution is -2.50. The van der Waals surface area contributed by atoms with Gasteiger partial charge in [0.15, 0.2) is 5.78 Å². The molecule has 3 unspecified atom stereocenters. The highest BCUT2D eigenvalue weighted by atomic mass is 19.3. The second-order valence-electron chi connectivity index (χ2n) is 12.0. The molecule has 2 aliphatic rings. The van der Waals surface area contributed by atoms with Crippen molar-refractivity contribution in [3.8, 4) is 0 Å². The molecule has 0 radical (unpaired) electrons. The number of aryl methyl sites for hydroxylation is 1. The lowest BCUT2D eigenvalue weighted by Gasteiger charge is -2.37. The van der Waals surface area contributed by atoms with Crippen molar-refractivity contribution in [2.75, 3.05) is 31.1 Å². The highest BCUT2D eigenvalue weighted by Gasteiger charge is 2.38. The summed E-state index contributed by atoms with van der Waals surface area (Å²) in [6.07, 6.45) is 3.59. The van der Waals surface area contributed by atoms with Gasteiger partial charge in [-0.25, -0.2) is 8.78 Å². The highest BCUT2D eigenvalue weighted by molar-refractivity contribution is 5.94. The van der Waals surface area contributed by atoms with E-state index in [0.29, 0.717) is 30.8 Å². The van der Waals surface area contributed by atoms with Gasteiger partial charge in [0, 0.05) is 56.0 Å². The number of ketones is 1. The summed E-state index contributed by atoms with van der Waals surface area (Å²) in [6, 6.07) is 6.25. The number of piperazine rings is 1. The molecule has 0 bridgehead atoms. The number of alkyl halides is 2. The van der Waals surface area contributed by atoms with Gasteiger partial charge in [-0.2, -0.15) is 5.10 Å². The zero-order chi connectivity index (χ0) is 31.0. The predicted octanol–water partition coefficient (Wildman–Crippen LogP) is 6.32. The van der Waals surface area contributed by atoms with Crippen LogP contribution in [0.15, 0.2) is 18.2 Å². The first-order valence-electron chi connectivity index (χ1n) is 15.6. The number of amides is 1. The van der Waals surface area contributed by atoms with Crippen LogP contribution in [0.1, 0.15) is 105 Å². The van der Waals surface area contributed by atoms with E-state index in [-0.39, 0.29) is 36.5 Å². The maximum atomic E-state index is 13.4. The van der Waals surface area contributed by atoms with Crippen molar-refractivity contribution in [3.05, 3.63) is 46.3 Å². The van der Waals surface area contributed by atoms with Gasteiger partial charge in [0.2, 0.25) is 12.3 Å². The van der Waals surface area contributed by atoms with E-state index in [2.05, 4.69) is 56.8 Å². The Kier molecular flexibility index (Phi) is 12.5. The normalized spacial score (nSPS) is 18.0. The van der Waals surface area contributed by atoms with Crippen molar-refractivity contribution in [2.24, 2.45) is 5.92 Å². The Balaban J connectivity index is 0.000000375. The average molecular weight is 589 g/mol. The molecule has 1 amide bonds. The van der Waals surface area contributed by atoms with Crippen LogP contribution in [0.2, 0.25) is 0 Å². The van der Waals surface area contributed by atoms with Crippen molar-refractivity contribution >= 4 is 17.4 Å². The number of Topliss-reactive ketones (excluding diaryl/α,β-unsaturated/α-hetero) is 1. The molecule has 234 valence electrons. The largest absolute Gasteiger partial charge is 0.393 e. The van der Waals surface area contributed by atoms with E-state index in [1.807, 2.05) is 6.07 Å². The number of fused-ring (bicyclic) bond motifs is 1. The van der Waals surface area contributed by atoms with Crippen molar-refractivity contribution in [2.45, 2.75) is 111 Å². The van der Waals surface area contributed by atoms with E-state index in [0.717, 1.165) is 38.3 Å². The van der Waals surface area contributed by atoms with E-state index in [1.165, 1.54) is 41.3 Å². The minimum Gasteiger partial charge on any atom is -0.393 e. The number of anilines is 1. The van der Waals surface area contributed by atoms with E-state index in [1.54, 1.807) is 4.90 Å². The number of nitrogens with zero attached hydrogens (tertiary/aromatic N) is 4. The summed E-state index contributed by atoms with van der Waals surface area (Å²) in [7, 11) is 0. The molecule has 0 saturated carbocycles. The van der Waals surface area contributed by atoms with Crippen LogP contribution in [0.25, 0.3) is 0 Å². The molecule has 1 aliphatic carbocycles. The number of rotatable bonds is 11. The molecule has 1 saturated heterocycles. The Hall–Kier alpha value is -2.81. The molecule has 1 aromatic carbocycles. The number of halogens is 2. The Morgan fingerprint density at radius 2 is 1.76 bits per heavy atom. The summed E-state index contributed by atoms with van der Waals surface area (Å²) in [5.41, 5.74) is 4.73. The van der Waals surface area contributed by atoms with Gasteiger partial charge < -0.3 is 14.9 Å². The number of carbonyl (C=O) groups excluding carboxylic acids is 2. The van der Waals surface area contributed by atoms with Crippen molar-refractivity contribution in [1.82, 2.24) is 14.7 Å². The highest BCUT2D eigenvalue weighted by Crippen LogP contribution is 2.39. The summed E-state index contributed by atoms with van der Waals surface area (Å²) < 4.78 is 28.3. The Morgan fingerprint density at radius 1 is 1.07 bits per heavy atom. The number of aromatic nitrogens is 2. The average Bonchev–Trinajstić information content (AvgIpc) is 3.55. The third kappa shape index (κ3) is 8.39. The van der Waals surface area contributed by atoms with E-state index >= 15 is 0 Å². The summed E-state index contributed by atoms with van der Waals surface area (Å²) in [6.45, 7) is 14.7. The number of hydrogen-bond donors (Lipinski definition) is 1. The smallest absolute Gasteiger partial charge is 0.245 e. The topological polar surface area (TPSA) is 78.7 Å². The maximum absolute atomic E-state index is 13.4. The minimum absolute atomic E-state index is 0.0188. The molecule has 3 atom stereocenters. The van der Waals surface area contributed by atoms with Gasteiger partial charge in [0.1, 0.15) is 12.2 Å². The fraction of sp³-hybridized carbons (Fsp3) is 0.667. The Labute approximate surface area is 250 Å². The monoisotopic (exact) mass is 588 g/mol. The molecule has 9 heteroatoms. The zero-order valence-corrected chi connectivity index (χ0v) is 26.3. The molecule has 42 heavy (non-hydrogen) atoms. The first-order chi connectivity index (χ1) is 20.0. The fourth-order valence-electron chi connectivity index (χ4n) is 5.91. The number of benzene rings is 1. The molecule has 0 spiro atoms. The van der Waals surface area contributed by atoms with Crippen LogP contribution in [0.3, 0.4) is 0 Å². The SMILES string of the molecule is CC(=O)c1nn(CC(=O)N2CCN(c3cccc(C)c3C)CC2)c2c1C(C(F)F)CC2.CCCC(O)CCC(C)CC. The first-order valence-corrected chi connectivity index (χ1v) is 15.6. The number of aliphatic hydroxyl groups excluding tert-OH is 1. The van der Waals surface area contributed by atoms with Crippen LogP contribution < -0.4 is 4.90 Å². The van der Waals surface area contributed by atoms with Crippen LogP contribution in [0, 0.1) is 19.8 Å². The minimum atomic E-state index is -2.54. The second-order valence-corrected chi connectivity index (χ2v) is 12.0. The third-order valence-corrected chi connectivity index (χ3v) is 8.94. The van der Waals surface area contributed by atoms with Crippen molar-refractivity contribution in [3.63, 3.8) is 0 Å². The van der Waals surface area contributed by atoms with Crippen LogP contribution in [0.4, 0.5) is 14.5 Å². The summed E-state index contributed by atoms with van der Waals surface area (Å²) in [5, 5.41) is 13.7. The molecule has 7 nitrogen and oxygen atoms in total. The maximum Gasteiger partial charge on any atom is 0.245 e. The van der Waals surface area contributed by atoms with E-state index in [9.17, 15) is 23.5 Å². The standard InChI is InChI=1S/C23H28F2N4O2.C10H22O/c1-14-5-4-6-18(15(14)2)27-9-11-28(12-10-27)20(31)13-29-19-8-7-17(23(24)25)21(19)22(26-29)16(3)30;1-4-6-10(11)8-7-9(3)5-2/h4-6,17,23H,7-13H2,1-3H3;9-11H,4-8H2,1-3H3. The van der Waals surface area contributed by atoms with Gasteiger partial charge in [0.05, 0.1) is 6.10 Å². The summed E-state index contributed by atoms with van der Waals surface area (Å²) in [5.74, 6) is -0.626.